The fourth-order valence-electron chi connectivity index (χ4n) is 2.30. The highest BCUT2D eigenvalue weighted by molar-refractivity contribution is 7.22. The molecule has 3 aromatic rings. The first-order valence-corrected chi connectivity index (χ1v) is 8.94. The number of fused-ring (bicyclic) bond motifs is 1. The van der Waals surface area contributed by atoms with Crippen LogP contribution >= 0.6 is 11.3 Å². The van der Waals surface area contributed by atoms with Gasteiger partial charge in [-0.1, -0.05) is 25.2 Å². The normalized spacial score (nSPS) is 11.0. The Kier molecular flexibility index (Phi) is 5.18. The van der Waals surface area contributed by atoms with Crippen LogP contribution in [0.4, 0.5) is 22.5 Å². The lowest BCUT2D eigenvalue weighted by molar-refractivity contribution is 0.415. The van der Waals surface area contributed by atoms with Gasteiger partial charge in [-0.2, -0.15) is 0 Å². The molecule has 0 fully saturated rings. The van der Waals surface area contributed by atoms with Crippen molar-refractivity contribution in [1.29, 1.82) is 0 Å². The monoisotopic (exact) mass is 358 g/mol. The number of methoxy groups -OCH3 is 1. The van der Waals surface area contributed by atoms with Crippen LogP contribution in [0.5, 0.6) is 5.75 Å². The van der Waals surface area contributed by atoms with Crippen molar-refractivity contribution in [2.45, 2.75) is 20.3 Å². The van der Waals surface area contributed by atoms with Gasteiger partial charge in [0.05, 0.1) is 17.3 Å². The predicted molar refractivity (Wildman–Crippen MR) is 104 cm³/mol. The van der Waals surface area contributed by atoms with E-state index < -0.39 is 0 Å². The topological polar surface area (TPSA) is 98.0 Å². The van der Waals surface area contributed by atoms with Gasteiger partial charge in [0.1, 0.15) is 17.8 Å². The number of rotatable bonds is 7. The lowest BCUT2D eigenvalue weighted by Crippen LogP contribution is -2.10. The summed E-state index contributed by atoms with van der Waals surface area (Å²) in [5.74, 6) is 2.61. The van der Waals surface area contributed by atoms with Crippen LogP contribution in [0.15, 0.2) is 24.5 Å². The smallest absolute Gasteiger partial charge is 0.189 e. The molecular weight excluding hydrogens is 336 g/mol. The summed E-state index contributed by atoms with van der Waals surface area (Å²) in [6.45, 7) is 5.18. The van der Waals surface area contributed by atoms with Crippen molar-refractivity contribution in [3.63, 3.8) is 0 Å². The molecule has 25 heavy (non-hydrogen) atoms. The van der Waals surface area contributed by atoms with E-state index in [4.69, 9.17) is 10.5 Å². The molecule has 3 rings (SSSR count). The SMILES string of the molecule is COc1ccc2nc(Nc3ncnc(NCCC(C)C)c3N)sc2c1. The third kappa shape index (κ3) is 4.08. The molecule has 0 aliphatic rings. The van der Waals surface area contributed by atoms with E-state index in [1.807, 2.05) is 18.2 Å². The summed E-state index contributed by atoms with van der Waals surface area (Å²) in [6.07, 6.45) is 2.54. The van der Waals surface area contributed by atoms with Crippen LogP contribution in [-0.4, -0.2) is 28.6 Å². The second-order valence-electron chi connectivity index (χ2n) is 6.07. The molecule has 0 saturated heterocycles. The molecule has 4 N–H and O–H groups in total. The number of hydrogen-bond donors (Lipinski definition) is 3. The molecule has 0 aliphatic heterocycles. The summed E-state index contributed by atoms with van der Waals surface area (Å²) in [4.78, 5) is 13.0. The van der Waals surface area contributed by atoms with Gasteiger partial charge >= 0.3 is 0 Å². The van der Waals surface area contributed by atoms with Gasteiger partial charge < -0.3 is 21.1 Å². The molecule has 0 saturated carbocycles. The Morgan fingerprint density at radius 3 is 2.80 bits per heavy atom. The molecule has 0 aliphatic carbocycles. The zero-order valence-electron chi connectivity index (χ0n) is 14.5. The standard InChI is InChI=1S/C17H22N6OS/c1-10(2)6-7-19-15-14(18)16(21-9-20-15)23-17-22-12-5-4-11(24-3)8-13(12)25-17/h4-5,8-10H,6-7,18H2,1-3H3,(H2,19,20,21,22,23). The van der Waals surface area contributed by atoms with Gasteiger partial charge in [-0.3, -0.25) is 0 Å². The minimum Gasteiger partial charge on any atom is -0.497 e. The van der Waals surface area contributed by atoms with Crippen LogP contribution in [0.3, 0.4) is 0 Å². The highest BCUT2D eigenvalue weighted by Gasteiger charge is 2.11. The molecule has 0 unspecified atom stereocenters. The molecule has 0 spiro atoms. The third-order valence-electron chi connectivity index (χ3n) is 3.72. The van der Waals surface area contributed by atoms with Crippen molar-refractivity contribution in [1.82, 2.24) is 15.0 Å². The number of nitrogen functional groups attached to an aromatic ring is 1. The number of anilines is 4. The molecular formula is C17H22N6OS. The Bertz CT molecular complexity index is 863. The van der Waals surface area contributed by atoms with Gasteiger partial charge in [-0.25, -0.2) is 15.0 Å². The summed E-state index contributed by atoms with van der Waals surface area (Å²) in [5, 5.41) is 7.18. The molecule has 1 aromatic carbocycles. The van der Waals surface area contributed by atoms with E-state index in [1.54, 1.807) is 7.11 Å². The molecule has 0 amide bonds. The van der Waals surface area contributed by atoms with Crippen LogP contribution < -0.4 is 21.1 Å². The lowest BCUT2D eigenvalue weighted by Gasteiger charge is -2.12. The Labute approximate surface area is 150 Å². The summed E-state index contributed by atoms with van der Waals surface area (Å²) < 4.78 is 6.28. The number of ether oxygens (including phenoxy) is 1. The van der Waals surface area contributed by atoms with Crippen LogP contribution in [-0.2, 0) is 0 Å². The summed E-state index contributed by atoms with van der Waals surface area (Å²) in [5.41, 5.74) is 7.58. The minimum atomic E-state index is 0.489. The zero-order chi connectivity index (χ0) is 17.8. The fraction of sp³-hybridized carbons (Fsp3) is 0.353. The van der Waals surface area contributed by atoms with E-state index in [1.165, 1.54) is 17.7 Å². The molecule has 0 bridgehead atoms. The Hall–Kier alpha value is -2.61. The Balaban J connectivity index is 1.78. The number of nitrogens with one attached hydrogen (secondary N) is 2. The van der Waals surface area contributed by atoms with E-state index in [0.717, 1.165) is 34.1 Å². The Morgan fingerprint density at radius 2 is 2.04 bits per heavy atom. The minimum absolute atomic E-state index is 0.489. The molecule has 8 heteroatoms. The van der Waals surface area contributed by atoms with E-state index >= 15 is 0 Å². The van der Waals surface area contributed by atoms with Crippen molar-refractivity contribution in [3.05, 3.63) is 24.5 Å². The van der Waals surface area contributed by atoms with Crippen molar-refractivity contribution in [2.24, 2.45) is 5.92 Å². The summed E-state index contributed by atoms with van der Waals surface area (Å²) >= 11 is 1.52. The second kappa shape index (κ2) is 7.52. The summed E-state index contributed by atoms with van der Waals surface area (Å²) in [6, 6.07) is 5.78. The maximum absolute atomic E-state index is 6.19. The highest BCUT2D eigenvalue weighted by atomic mass is 32.1. The number of benzene rings is 1. The Morgan fingerprint density at radius 1 is 1.24 bits per heavy atom. The average Bonchev–Trinajstić information content (AvgIpc) is 2.99. The summed E-state index contributed by atoms with van der Waals surface area (Å²) in [7, 11) is 1.65. The maximum atomic E-state index is 6.19. The molecule has 132 valence electrons. The van der Waals surface area contributed by atoms with Crippen LogP contribution in [0.2, 0.25) is 0 Å². The highest BCUT2D eigenvalue weighted by Crippen LogP contribution is 2.32. The van der Waals surface area contributed by atoms with E-state index in [0.29, 0.717) is 23.2 Å². The number of thiazole rings is 1. The van der Waals surface area contributed by atoms with E-state index in [9.17, 15) is 0 Å². The molecule has 7 nitrogen and oxygen atoms in total. The second-order valence-corrected chi connectivity index (χ2v) is 7.10. The largest absolute Gasteiger partial charge is 0.497 e. The van der Waals surface area contributed by atoms with Crippen LogP contribution in [0.25, 0.3) is 10.2 Å². The van der Waals surface area contributed by atoms with Gasteiger partial charge in [0.2, 0.25) is 0 Å². The molecule has 2 heterocycles. The van der Waals surface area contributed by atoms with Gasteiger partial charge in [-0.15, -0.1) is 0 Å². The van der Waals surface area contributed by atoms with Gasteiger partial charge in [0, 0.05) is 6.54 Å². The van der Waals surface area contributed by atoms with Gasteiger partial charge in [0.25, 0.3) is 0 Å². The van der Waals surface area contributed by atoms with Gasteiger partial charge in [-0.05, 0) is 30.5 Å². The first-order valence-electron chi connectivity index (χ1n) is 8.12. The number of nitrogens with zero attached hydrogens (tertiary/aromatic N) is 3. The molecule has 0 atom stereocenters. The van der Waals surface area contributed by atoms with Crippen molar-refractivity contribution in [3.8, 4) is 5.75 Å². The first kappa shape index (κ1) is 17.2. The average molecular weight is 358 g/mol. The quantitative estimate of drug-likeness (QED) is 0.589. The van der Waals surface area contributed by atoms with Crippen LogP contribution in [0.1, 0.15) is 20.3 Å². The van der Waals surface area contributed by atoms with E-state index in [-0.39, 0.29) is 0 Å². The lowest BCUT2D eigenvalue weighted by atomic mass is 10.1. The van der Waals surface area contributed by atoms with Crippen molar-refractivity contribution >= 4 is 44.0 Å². The number of nitrogens with two attached hydrogens (primary N) is 1. The molecule has 2 aromatic heterocycles. The van der Waals surface area contributed by atoms with E-state index in [2.05, 4.69) is 39.4 Å². The predicted octanol–water partition coefficient (Wildman–Crippen LogP) is 3.88. The fourth-order valence-corrected chi connectivity index (χ4v) is 3.20. The number of aromatic nitrogens is 3. The van der Waals surface area contributed by atoms with Crippen molar-refractivity contribution in [2.75, 3.05) is 30.0 Å². The third-order valence-corrected chi connectivity index (χ3v) is 4.65. The molecule has 0 radical (unpaired) electrons. The zero-order valence-corrected chi connectivity index (χ0v) is 15.4. The maximum Gasteiger partial charge on any atom is 0.189 e. The number of hydrogen-bond acceptors (Lipinski definition) is 8. The van der Waals surface area contributed by atoms with Crippen molar-refractivity contribution < 1.29 is 4.74 Å². The van der Waals surface area contributed by atoms with Gasteiger partial charge in [0.15, 0.2) is 16.8 Å². The first-order chi connectivity index (χ1) is 12.1. The van der Waals surface area contributed by atoms with Crippen LogP contribution in [0, 0.1) is 5.92 Å².